The van der Waals surface area contributed by atoms with Gasteiger partial charge in [0, 0.05) is 42.7 Å². The van der Waals surface area contributed by atoms with Crippen molar-refractivity contribution in [2.45, 2.75) is 32.1 Å². The van der Waals surface area contributed by atoms with Crippen molar-refractivity contribution >= 4 is 23.6 Å². The molecule has 5 nitrogen and oxygen atoms in total. The van der Waals surface area contributed by atoms with Crippen LogP contribution in [-0.2, 0) is 6.54 Å². The van der Waals surface area contributed by atoms with Gasteiger partial charge in [-0.2, -0.15) is 11.8 Å². The summed E-state index contributed by atoms with van der Waals surface area (Å²) in [5.74, 6) is 2.00. The van der Waals surface area contributed by atoms with E-state index in [1.807, 2.05) is 36.0 Å². The summed E-state index contributed by atoms with van der Waals surface area (Å²) in [6.07, 6.45) is 0. The van der Waals surface area contributed by atoms with Gasteiger partial charge in [-0.05, 0) is 38.5 Å². The Bertz CT molecular complexity index is 600. The molecule has 1 heterocycles. The van der Waals surface area contributed by atoms with E-state index in [2.05, 4.69) is 36.3 Å². The van der Waals surface area contributed by atoms with E-state index in [4.69, 9.17) is 4.99 Å². The molecule has 0 atom stereocenters. The van der Waals surface area contributed by atoms with Crippen molar-refractivity contribution in [1.29, 1.82) is 0 Å². The van der Waals surface area contributed by atoms with Crippen molar-refractivity contribution < 1.29 is 4.79 Å². The second kappa shape index (κ2) is 8.42. The van der Waals surface area contributed by atoms with Crippen molar-refractivity contribution in [3.63, 3.8) is 0 Å². The van der Waals surface area contributed by atoms with Crippen LogP contribution in [0, 0.1) is 0 Å². The van der Waals surface area contributed by atoms with Gasteiger partial charge in [0.25, 0.3) is 5.91 Å². The lowest BCUT2D eigenvalue weighted by Gasteiger charge is -2.39. The highest BCUT2D eigenvalue weighted by Gasteiger charge is 2.28. The SMILES string of the molecule is CCNC(=NCc1cccc(C(=O)NC)c1)N1CCSC(C)(C)C1. The van der Waals surface area contributed by atoms with Gasteiger partial charge in [-0.15, -0.1) is 0 Å². The van der Waals surface area contributed by atoms with Crippen molar-refractivity contribution in [1.82, 2.24) is 15.5 Å². The number of rotatable bonds is 4. The largest absolute Gasteiger partial charge is 0.357 e. The standard InChI is InChI=1S/C18H28N4OS/c1-5-20-17(22-9-10-24-18(2,3)13-22)21-12-14-7-6-8-15(11-14)16(23)19-4/h6-8,11H,5,9-10,12-13H2,1-4H3,(H,19,23)(H,20,21). The molecule has 1 fully saturated rings. The summed E-state index contributed by atoms with van der Waals surface area (Å²) < 4.78 is 0.244. The Kier molecular flexibility index (Phi) is 6.54. The summed E-state index contributed by atoms with van der Waals surface area (Å²) in [4.78, 5) is 18.9. The lowest BCUT2D eigenvalue weighted by Crippen LogP contribution is -2.50. The first-order valence-electron chi connectivity index (χ1n) is 8.43. The van der Waals surface area contributed by atoms with Gasteiger partial charge in [0.2, 0.25) is 0 Å². The topological polar surface area (TPSA) is 56.7 Å². The molecular weight excluding hydrogens is 320 g/mol. The van der Waals surface area contributed by atoms with E-state index >= 15 is 0 Å². The Morgan fingerprint density at radius 3 is 2.88 bits per heavy atom. The van der Waals surface area contributed by atoms with E-state index in [0.29, 0.717) is 12.1 Å². The molecular formula is C18H28N4OS. The minimum absolute atomic E-state index is 0.0671. The number of benzene rings is 1. The van der Waals surface area contributed by atoms with E-state index in [1.54, 1.807) is 7.05 Å². The van der Waals surface area contributed by atoms with Crippen LogP contribution in [-0.4, -0.2) is 53.9 Å². The fourth-order valence-electron chi connectivity index (χ4n) is 2.74. The maximum Gasteiger partial charge on any atom is 0.251 e. The minimum Gasteiger partial charge on any atom is -0.357 e. The van der Waals surface area contributed by atoms with Gasteiger partial charge >= 0.3 is 0 Å². The third kappa shape index (κ3) is 5.16. The van der Waals surface area contributed by atoms with Gasteiger partial charge in [-0.1, -0.05) is 12.1 Å². The van der Waals surface area contributed by atoms with E-state index < -0.39 is 0 Å². The Labute approximate surface area is 149 Å². The van der Waals surface area contributed by atoms with Gasteiger partial charge in [0.05, 0.1) is 6.54 Å². The highest BCUT2D eigenvalue weighted by Crippen LogP contribution is 2.29. The van der Waals surface area contributed by atoms with Gasteiger partial charge in [-0.25, -0.2) is 4.99 Å². The molecule has 24 heavy (non-hydrogen) atoms. The quantitative estimate of drug-likeness (QED) is 0.648. The third-order valence-corrected chi connectivity index (χ3v) is 5.18. The van der Waals surface area contributed by atoms with Crippen LogP contribution in [0.3, 0.4) is 0 Å². The van der Waals surface area contributed by atoms with E-state index in [-0.39, 0.29) is 10.7 Å². The number of hydrogen-bond acceptors (Lipinski definition) is 3. The second-order valence-corrected chi connectivity index (χ2v) is 8.28. The van der Waals surface area contributed by atoms with Crippen LogP contribution < -0.4 is 10.6 Å². The molecule has 0 spiro atoms. The van der Waals surface area contributed by atoms with Crippen LogP contribution in [0.2, 0.25) is 0 Å². The van der Waals surface area contributed by atoms with Gasteiger partial charge in [0.1, 0.15) is 0 Å². The smallest absolute Gasteiger partial charge is 0.251 e. The summed E-state index contributed by atoms with van der Waals surface area (Å²) in [5.41, 5.74) is 1.71. The van der Waals surface area contributed by atoms with Gasteiger partial charge < -0.3 is 15.5 Å². The van der Waals surface area contributed by atoms with Crippen molar-refractivity contribution in [2.24, 2.45) is 4.99 Å². The molecule has 132 valence electrons. The molecule has 1 aliphatic rings. The Balaban J connectivity index is 2.12. The van der Waals surface area contributed by atoms with Crippen LogP contribution in [0.1, 0.15) is 36.7 Å². The van der Waals surface area contributed by atoms with E-state index in [9.17, 15) is 4.79 Å². The zero-order chi connectivity index (χ0) is 17.6. The molecule has 1 aromatic carbocycles. The Morgan fingerprint density at radius 1 is 1.42 bits per heavy atom. The average Bonchev–Trinajstić information content (AvgIpc) is 2.57. The van der Waals surface area contributed by atoms with Crippen LogP contribution in [0.25, 0.3) is 0 Å². The zero-order valence-electron chi connectivity index (χ0n) is 15.1. The third-order valence-electron chi connectivity index (χ3n) is 3.89. The second-order valence-electron chi connectivity index (χ2n) is 6.48. The molecule has 6 heteroatoms. The zero-order valence-corrected chi connectivity index (χ0v) is 15.9. The van der Waals surface area contributed by atoms with E-state index in [1.165, 1.54) is 0 Å². The number of nitrogens with one attached hydrogen (secondary N) is 2. The predicted molar refractivity (Wildman–Crippen MR) is 103 cm³/mol. The van der Waals surface area contributed by atoms with Gasteiger partial charge in [-0.3, -0.25) is 4.79 Å². The average molecular weight is 349 g/mol. The molecule has 1 aromatic rings. The molecule has 0 saturated carbocycles. The molecule has 0 aliphatic carbocycles. The predicted octanol–water partition coefficient (Wildman–Crippen LogP) is 2.34. The normalized spacial score (nSPS) is 17.5. The first-order chi connectivity index (χ1) is 11.4. The molecule has 0 bridgehead atoms. The molecule has 2 N–H and O–H groups in total. The maximum atomic E-state index is 11.8. The highest BCUT2D eigenvalue weighted by molar-refractivity contribution is 8.00. The first kappa shape index (κ1) is 18.6. The molecule has 0 aromatic heterocycles. The maximum absolute atomic E-state index is 11.8. The number of aliphatic imine (C=N–C) groups is 1. The number of hydrogen-bond donors (Lipinski definition) is 2. The molecule has 0 radical (unpaired) electrons. The minimum atomic E-state index is -0.0671. The van der Waals surface area contributed by atoms with Crippen molar-refractivity contribution in [3.05, 3.63) is 35.4 Å². The molecule has 1 aliphatic heterocycles. The van der Waals surface area contributed by atoms with E-state index in [0.717, 1.165) is 36.9 Å². The van der Waals surface area contributed by atoms with Gasteiger partial charge in [0.15, 0.2) is 5.96 Å². The molecule has 1 saturated heterocycles. The van der Waals surface area contributed by atoms with Crippen LogP contribution in [0.4, 0.5) is 0 Å². The van der Waals surface area contributed by atoms with Crippen molar-refractivity contribution in [2.75, 3.05) is 32.4 Å². The number of thioether (sulfide) groups is 1. The fourth-order valence-corrected chi connectivity index (χ4v) is 3.86. The monoisotopic (exact) mass is 348 g/mol. The van der Waals surface area contributed by atoms with Crippen LogP contribution in [0.15, 0.2) is 29.3 Å². The number of carbonyl (C=O) groups excluding carboxylic acids is 1. The Morgan fingerprint density at radius 2 is 2.21 bits per heavy atom. The molecule has 1 amide bonds. The lowest BCUT2D eigenvalue weighted by atomic mass is 10.1. The summed E-state index contributed by atoms with van der Waals surface area (Å²) in [5, 5.41) is 6.05. The summed E-state index contributed by atoms with van der Waals surface area (Å²) in [6.45, 7) is 10.1. The number of nitrogens with zero attached hydrogens (tertiary/aromatic N) is 2. The summed E-state index contributed by atoms with van der Waals surface area (Å²) in [6, 6.07) is 7.64. The molecule has 2 rings (SSSR count). The molecule has 0 unspecified atom stereocenters. The van der Waals surface area contributed by atoms with Crippen molar-refractivity contribution in [3.8, 4) is 0 Å². The number of amides is 1. The Hall–Kier alpha value is -1.69. The lowest BCUT2D eigenvalue weighted by molar-refractivity contribution is 0.0963. The van der Waals surface area contributed by atoms with Crippen LogP contribution in [0.5, 0.6) is 0 Å². The number of guanidine groups is 1. The number of carbonyl (C=O) groups is 1. The van der Waals surface area contributed by atoms with Crippen LogP contribution >= 0.6 is 11.8 Å². The first-order valence-corrected chi connectivity index (χ1v) is 9.42. The summed E-state index contributed by atoms with van der Waals surface area (Å²) >= 11 is 2.01. The fraction of sp³-hybridized carbons (Fsp3) is 0.556. The summed E-state index contributed by atoms with van der Waals surface area (Å²) in [7, 11) is 1.65. The highest BCUT2D eigenvalue weighted by atomic mass is 32.2.